The summed E-state index contributed by atoms with van der Waals surface area (Å²) in [5, 5.41) is 43.9. The Bertz CT molecular complexity index is 877. The van der Waals surface area contributed by atoms with Gasteiger partial charge in [0, 0.05) is 0 Å². The fraction of sp³-hybridized carbons (Fsp3) is 0.0625. The summed E-state index contributed by atoms with van der Waals surface area (Å²) >= 11 is 0. The van der Waals surface area contributed by atoms with Gasteiger partial charge in [0.25, 0.3) is 0 Å². The smallest absolute Gasteiger partial charge is 0.337 e. The summed E-state index contributed by atoms with van der Waals surface area (Å²) in [5.74, 6) is -4.21. The van der Waals surface area contributed by atoms with Crippen LogP contribution in [0.15, 0.2) is 52.7 Å². The molecule has 0 aliphatic carbocycles. The van der Waals surface area contributed by atoms with Gasteiger partial charge in [-0.05, 0) is 35.9 Å². The molecule has 0 aliphatic heterocycles. The maximum atomic E-state index is 11.1. The highest BCUT2D eigenvalue weighted by Crippen LogP contribution is 2.24. The van der Waals surface area contributed by atoms with E-state index in [0.717, 1.165) is 12.1 Å². The van der Waals surface area contributed by atoms with Crippen molar-refractivity contribution in [1.29, 1.82) is 0 Å². The van der Waals surface area contributed by atoms with Crippen LogP contribution in [0.2, 0.25) is 0 Å². The van der Waals surface area contributed by atoms with E-state index in [0.29, 0.717) is 0 Å². The van der Waals surface area contributed by atoms with Crippen LogP contribution in [-0.4, -0.2) is 38.3 Å². The minimum Gasteiger partial charge on any atom is -0.479 e. The van der Waals surface area contributed by atoms with E-state index >= 15 is 0 Å². The van der Waals surface area contributed by atoms with Crippen molar-refractivity contribution in [3.05, 3.63) is 59.2 Å². The van der Waals surface area contributed by atoms with E-state index in [1.165, 1.54) is 30.3 Å². The van der Waals surface area contributed by atoms with Crippen molar-refractivity contribution in [2.45, 2.75) is 6.10 Å². The van der Waals surface area contributed by atoms with Crippen molar-refractivity contribution in [3.63, 3.8) is 0 Å². The fourth-order valence-corrected chi connectivity index (χ4v) is 1.97. The van der Waals surface area contributed by atoms with E-state index in [1.807, 2.05) is 0 Å². The van der Waals surface area contributed by atoms with Crippen LogP contribution in [0.25, 0.3) is 0 Å². The minimum atomic E-state index is -1.70. The Kier molecular flexibility index (Phi) is 5.20. The van der Waals surface area contributed by atoms with Crippen LogP contribution in [0.5, 0.6) is 0 Å². The first kappa shape index (κ1) is 17.8. The van der Waals surface area contributed by atoms with Gasteiger partial charge in [-0.1, -0.05) is 12.1 Å². The molecule has 2 aromatic rings. The first-order valence-corrected chi connectivity index (χ1v) is 6.83. The van der Waals surface area contributed by atoms with E-state index in [-0.39, 0.29) is 22.5 Å². The third kappa shape index (κ3) is 4.24. The molecular formula is C16H12N2O7. The second-order valence-corrected chi connectivity index (χ2v) is 4.88. The van der Waals surface area contributed by atoms with Crippen molar-refractivity contribution < 1.29 is 34.8 Å². The molecule has 4 N–H and O–H groups in total. The summed E-state index contributed by atoms with van der Waals surface area (Å²) in [4.78, 5) is 32.9. The summed E-state index contributed by atoms with van der Waals surface area (Å²) in [6, 6.07) is 9.15. The largest absolute Gasteiger partial charge is 0.479 e. The monoisotopic (exact) mass is 344 g/mol. The minimum absolute atomic E-state index is 0.103. The number of hydrogen-bond acceptors (Lipinski definition) is 6. The number of nitrogens with zero attached hydrogens (tertiary/aromatic N) is 2. The lowest BCUT2D eigenvalue weighted by Crippen LogP contribution is -2.09. The molecule has 0 saturated carbocycles. The molecule has 128 valence electrons. The fourth-order valence-electron chi connectivity index (χ4n) is 1.97. The van der Waals surface area contributed by atoms with Crippen LogP contribution in [0, 0.1) is 0 Å². The molecule has 2 rings (SSSR count). The molecule has 1 atom stereocenters. The normalized spacial score (nSPS) is 12.0. The van der Waals surface area contributed by atoms with E-state index in [4.69, 9.17) is 15.3 Å². The van der Waals surface area contributed by atoms with Crippen molar-refractivity contribution in [1.82, 2.24) is 0 Å². The summed E-state index contributed by atoms with van der Waals surface area (Å²) in [6.45, 7) is 0. The number of aromatic carboxylic acids is 2. The number of azo groups is 1. The molecule has 0 bridgehead atoms. The van der Waals surface area contributed by atoms with Crippen LogP contribution < -0.4 is 0 Å². The zero-order valence-electron chi connectivity index (χ0n) is 12.5. The average Bonchev–Trinajstić information content (AvgIpc) is 2.59. The number of carboxylic acid groups (broad SMARTS) is 3. The summed E-state index contributed by atoms with van der Waals surface area (Å²) in [5.41, 5.74) is -0.364. The van der Waals surface area contributed by atoms with Gasteiger partial charge in [-0.3, -0.25) is 0 Å². The molecule has 0 aliphatic rings. The van der Waals surface area contributed by atoms with Crippen molar-refractivity contribution in [2.24, 2.45) is 10.2 Å². The summed E-state index contributed by atoms with van der Waals surface area (Å²) < 4.78 is 0. The molecule has 0 radical (unpaired) electrons. The third-order valence-corrected chi connectivity index (χ3v) is 3.16. The lowest BCUT2D eigenvalue weighted by atomic mass is 10.1. The van der Waals surface area contributed by atoms with Crippen LogP contribution in [0.3, 0.4) is 0 Å². The first-order valence-electron chi connectivity index (χ1n) is 6.83. The second kappa shape index (κ2) is 7.32. The van der Waals surface area contributed by atoms with Gasteiger partial charge in [-0.25, -0.2) is 14.4 Å². The van der Waals surface area contributed by atoms with E-state index in [1.54, 1.807) is 0 Å². The number of carboxylic acids is 3. The van der Waals surface area contributed by atoms with Gasteiger partial charge in [-0.15, -0.1) is 0 Å². The Balaban J connectivity index is 2.32. The molecule has 0 amide bonds. The third-order valence-electron chi connectivity index (χ3n) is 3.16. The second-order valence-electron chi connectivity index (χ2n) is 4.88. The number of aliphatic hydroxyl groups excluding tert-OH is 1. The Morgan fingerprint density at radius 2 is 1.40 bits per heavy atom. The number of aliphatic carboxylic acids is 1. The Hall–Kier alpha value is -3.59. The summed E-state index contributed by atoms with van der Waals surface area (Å²) in [6.07, 6.45) is -1.70. The molecule has 9 nitrogen and oxygen atoms in total. The van der Waals surface area contributed by atoms with Crippen LogP contribution >= 0.6 is 0 Å². The van der Waals surface area contributed by atoms with Crippen LogP contribution in [0.1, 0.15) is 32.4 Å². The highest BCUT2D eigenvalue weighted by atomic mass is 16.4. The van der Waals surface area contributed by atoms with Crippen LogP contribution in [-0.2, 0) is 4.79 Å². The Labute approximate surface area is 140 Å². The highest BCUT2D eigenvalue weighted by Gasteiger charge is 2.17. The van der Waals surface area contributed by atoms with Gasteiger partial charge in [0.2, 0.25) is 0 Å². The van der Waals surface area contributed by atoms with E-state index in [2.05, 4.69) is 10.2 Å². The predicted molar refractivity (Wildman–Crippen MR) is 83.6 cm³/mol. The maximum absolute atomic E-state index is 11.1. The molecule has 0 fully saturated rings. The number of benzene rings is 2. The SMILES string of the molecule is O=C(O)c1ccc(N=Nc2cccc(C(O)C(=O)O)c2)cc1C(=O)O. The maximum Gasteiger partial charge on any atom is 0.337 e. The zero-order valence-corrected chi connectivity index (χ0v) is 12.5. The quantitative estimate of drug-likeness (QED) is 0.586. The number of carbonyl (C=O) groups is 3. The molecule has 25 heavy (non-hydrogen) atoms. The number of aliphatic hydroxyl groups is 1. The topological polar surface area (TPSA) is 157 Å². The molecule has 0 spiro atoms. The molecule has 0 saturated heterocycles. The van der Waals surface area contributed by atoms with Gasteiger partial charge in [0.1, 0.15) is 0 Å². The number of hydrogen-bond donors (Lipinski definition) is 4. The van der Waals surface area contributed by atoms with Crippen molar-refractivity contribution in [2.75, 3.05) is 0 Å². The Morgan fingerprint density at radius 1 is 0.800 bits per heavy atom. The highest BCUT2D eigenvalue weighted by molar-refractivity contribution is 6.02. The van der Waals surface area contributed by atoms with Gasteiger partial charge in [0.05, 0.1) is 22.5 Å². The van der Waals surface area contributed by atoms with E-state index < -0.39 is 29.6 Å². The van der Waals surface area contributed by atoms with Crippen molar-refractivity contribution >= 4 is 29.3 Å². The first-order chi connectivity index (χ1) is 11.8. The van der Waals surface area contributed by atoms with Gasteiger partial charge in [-0.2, -0.15) is 10.2 Å². The molecule has 0 heterocycles. The van der Waals surface area contributed by atoms with Gasteiger partial charge in [0.15, 0.2) is 6.10 Å². The van der Waals surface area contributed by atoms with Crippen molar-refractivity contribution in [3.8, 4) is 0 Å². The molecule has 0 aromatic heterocycles. The zero-order chi connectivity index (χ0) is 18.6. The molecule has 1 unspecified atom stereocenters. The number of rotatable bonds is 6. The lowest BCUT2D eigenvalue weighted by Gasteiger charge is -2.05. The summed E-state index contributed by atoms with van der Waals surface area (Å²) in [7, 11) is 0. The van der Waals surface area contributed by atoms with Crippen LogP contribution in [0.4, 0.5) is 11.4 Å². The Morgan fingerprint density at radius 3 is 1.96 bits per heavy atom. The molecule has 2 aromatic carbocycles. The average molecular weight is 344 g/mol. The molecule has 9 heteroatoms. The predicted octanol–water partition coefficient (Wildman–Crippen LogP) is 2.62. The lowest BCUT2D eigenvalue weighted by molar-refractivity contribution is -0.146. The molecular weight excluding hydrogens is 332 g/mol. The standard InChI is InChI=1S/C16H12N2O7/c19-13(16(24)25)8-2-1-3-9(6-8)17-18-10-4-5-11(14(20)21)12(7-10)15(22)23/h1-7,13,19H,(H,20,21)(H,22,23)(H,24,25). The van der Waals surface area contributed by atoms with Gasteiger partial charge < -0.3 is 20.4 Å². The van der Waals surface area contributed by atoms with Gasteiger partial charge >= 0.3 is 17.9 Å². The van der Waals surface area contributed by atoms with E-state index in [9.17, 15) is 19.5 Å².